The average molecular weight is 353 g/mol. The van der Waals surface area contributed by atoms with E-state index in [0.717, 1.165) is 32.1 Å². The van der Waals surface area contributed by atoms with E-state index in [1.54, 1.807) is 0 Å². The Morgan fingerprint density at radius 3 is 2.33 bits per heavy atom. The van der Waals surface area contributed by atoms with Gasteiger partial charge in [0.25, 0.3) is 0 Å². The van der Waals surface area contributed by atoms with E-state index in [2.05, 4.69) is 23.2 Å². The van der Waals surface area contributed by atoms with Crippen molar-refractivity contribution >= 4 is 36.6 Å². The molecule has 0 spiro atoms. The van der Waals surface area contributed by atoms with Gasteiger partial charge in [0.2, 0.25) is 5.91 Å². The molecular formula is C13H30N3O2P3. The summed E-state index contributed by atoms with van der Waals surface area (Å²) in [6, 6.07) is -0.378. The highest BCUT2D eigenvalue weighted by Gasteiger charge is 2.16. The van der Waals surface area contributed by atoms with Crippen LogP contribution in [-0.4, -0.2) is 30.6 Å². The highest BCUT2D eigenvalue weighted by atomic mass is 32.4. The molecule has 0 aliphatic heterocycles. The number of carbonyl (C=O) groups is 2. The second-order valence-corrected chi connectivity index (χ2v) is 11.7. The van der Waals surface area contributed by atoms with Crippen LogP contribution >= 0.6 is 25.2 Å². The second kappa shape index (κ2) is 12.9. The fourth-order valence-electron chi connectivity index (χ4n) is 1.92. The Labute approximate surface area is 134 Å². The van der Waals surface area contributed by atoms with Gasteiger partial charge < -0.3 is 16.8 Å². The van der Waals surface area contributed by atoms with Crippen LogP contribution in [0.5, 0.6) is 0 Å². The normalized spacial score (nSPS) is 14.0. The van der Waals surface area contributed by atoms with Gasteiger partial charge in [-0.1, -0.05) is 31.2 Å². The summed E-state index contributed by atoms with van der Waals surface area (Å²) in [5.74, 6) is 0.143. The van der Waals surface area contributed by atoms with Crippen molar-refractivity contribution in [2.75, 3.05) is 13.1 Å². The van der Waals surface area contributed by atoms with Crippen molar-refractivity contribution in [2.45, 2.75) is 51.5 Å². The number of carbonyl (C=O) groups excluding carboxylic acids is 2. The van der Waals surface area contributed by atoms with Crippen molar-refractivity contribution in [1.29, 1.82) is 0 Å². The van der Waals surface area contributed by atoms with Crippen molar-refractivity contribution in [1.82, 2.24) is 5.32 Å². The van der Waals surface area contributed by atoms with Gasteiger partial charge in [0.1, 0.15) is 0 Å². The van der Waals surface area contributed by atoms with Crippen molar-refractivity contribution < 1.29 is 9.59 Å². The first-order valence-corrected chi connectivity index (χ1v) is 12.0. The summed E-state index contributed by atoms with van der Waals surface area (Å²) in [4.78, 5) is 23.4. The SMILES string of the molecule is CC(CCCCN)C(=O)NCCCCC(N)C(=O)P(P)P. The fraction of sp³-hybridized carbons (Fsp3) is 0.846. The number of nitrogens with one attached hydrogen (secondary N) is 1. The van der Waals surface area contributed by atoms with Gasteiger partial charge in [0.15, 0.2) is 5.52 Å². The minimum atomic E-state index is -0.761. The highest BCUT2D eigenvalue weighted by molar-refractivity contribution is 8.50. The first-order valence-electron chi connectivity index (χ1n) is 7.46. The van der Waals surface area contributed by atoms with Gasteiger partial charge in [-0.2, -0.15) is 0 Å². The van der Waals surface area contributed by atoms with Gasteiger partial charge in [-0.3, -0.25) is 9.59 Å². The highest BCUT2D eigenvalue weighted by Crippen LogP contribution is 2.54. The largest absolute Gasteiger partial charge is 0.356 e. The van der Waals surface area contributed by atoms with Crippen LogP contribution in [0.3, 0.4) is 0 Å². The molecule has 0 aromatic carbocycles. The van der Waals surface area contributed by atoms with Gasteiger partial charge in [-0.15, -0.1) is 0 Å². The maximum absolute atomic E-state index is 11.8. The lowest BCUT2D eigenvalue weighted by Gasteiger charge is -2.14. The first-order chi connectivity index (χ1) is 9.90. The molecule has 0 fully saturated rings. The molecule has 5 nitrogen and oxygen atoms in total. The number of hydrogen-bond acceptors (Lipinski definition) is 4. The summed E-state index contributed by atoms with van der Waals surface area (Å²) < 4.78 is 0. The van der Waals surface area contributed by atoms with Crippen LogP contribution in [0.4, 0.5) is 0 Å². The molecule has 1 amide bonds. The van der Waals surface area contributed by atoms with E-state index in [0.29, 0.717) is 19.5 Å². The zero-order valence-electron chi connectivity index (χ0n) is 12.9. The van der Waals surface area contributed by atoms with Crippen molar-refractivity contribution in [3.8, 4) is 0 Å². The first kappa shape index (κ1) is 21.4. The smallest absolute Gasteiger partial charge is 0.222 e. The summed E-state index contributed by atoms with van der Waals surface area (Å²) >= 11 is 0. The molecule has 0 saturated carbocycles. The van der Waals surface area contributed by atoms with Gasteiger partial charge in [-0.05, 0) is 38.6 Å². The van der Waals surface area contributed by atoms with Crippen LogP contribution in [0.2, 0.25) is 0 Å². The lowest BCUT2D eigenvalue weighted by molar-refractivity contribution is -0.124. The molecule has 0 aliphatic rings. The molecule has 4 unspecified atom stereocenters. The van der Waals surface area contributed by atoms with Crippen molar-refractivity contribution in [2.24, 2.45) is 17.4 Å². The van der Waals surface area contributed by atoms with Crippen molar-refractivity contribution in [3.63, 3.8) is 0 Å². The monoisotopic (exact) mass is 353 g/mol. The number of amides is 1. The maximum Gasteiger partial charge on any atom is 0.222 e. The Bertz CT molecular complexity index is 317. The van der Waals surface area contributed by atoms with Gasteiger partial charge in [0.05, 0.1) is 6.04 Å². The molecule has 4 atom stereocenters. The maximum atomic E-state index is 11.8. The quantitative estimate of drug-likeness (QED) is 0.369. The minimum Gasteiger partial charge on any atom is -0.356 e. The molecule has 0 aromatic rings. The summed E-state index contributed by atoms with van der Waals surface area (Å²) in [5.41, 5.74) is 11.4. The zero-order chi connectivity index (χ0) is 16.3. The summed E-state index contributed by atoms with van der Waals surface area (Å²) in [6.45, 7) is 3.28. The van der Waals surface area contributed by atoms with E-state index in [1.165, 1.54) is 0 Å². The number of nitrogens with two attached hydrogens (primary N) is 2. The molecule has 0 aliphatic carbocycles. The van der Waals surface area contributed by atoms with Crippen LogP contribution in [-0.2, 0) is 9.59 Å². The van der Waals surface area contributed by atoms with Crippen LogP contribution in [0, 0.1) is 5.92 Å². The van der Waals surface area contributed by atoms with E-state index >= 15 is 0 Å². The Morgan fingerprint density at radius 2 is 1.76 bits per heavy atom. The molecule has 0 rings (SSSR count). The lowest BCUT2D eigenvalue weighted by Crippen LogP contribution is -2.31. The summed E-state index contributed by atoms with van der Waals surface area (Å²) in [5, 5.41) is 2.93. The lowest BCUT2D eigenvalue weighted by atomic mass is 10.0. The van der Waals surface area contributed by atoms with E-state index in [9.17, 15) is 9.59 Å². The Morgan fingerprint density at radius 1 is 1.14 bits per heavy atom. The molecule has 0 saturated heterocycles. The van der Waals surface area contributed by atoms with Crippen molar-refractivity contribution in [3.05, 3.63) is 0 Å². The third kappa shape index (κ3) is 10.7. The molecule has 5 N–H and O–H groups in total. The second-order valence-electron chi connectivity index (χ2n) is 5.32. The summed E-state index contributed by atoms with van der Waals surface area (Å²) in [7, 11) is 4.24. The van der Waals surface area contributed by atoms with Crippen LogP contribution in [0.1, 0.15) is 45.4 Å². The molecule has 124 valence electrons. The standard InChI is InChI=1S/C13H30N3O2P3/c1-10(6-2-4-8-14)12(17)16-9-5-3-7-11(15)13(18)21(19)20/h10-11H,2-9,14-15,19-20H2,1H3,(H,16,17). The fourth-order valence-corrected chi connectivity index (χ4v) is 3.58. The predicted octanol–water partition coefficient (Wildman–Crippen LogP) is 1.95. The van der Waals surface area contributed by atoms with E-state index in [1.807, 2.05) is 6.92 Å². The number of unbranched alkanes of at least 4 members (excludes halogenated alkanes) is 2. The Hall–Kier alpha value is 0.350. The van der Waals surface area contributed by atoms with E-state index in [-0.39, 0.29) is 23.4 Å². The topological polar surface area (TPSA) is 98.2 Å². The van der Waals surface area contributed by atoms with Gasteiger partial charge in [0, 0.05) is 19.8 Å². The zero-order valence-corrected chi connectivity index (χ0v) is 16.1. The minimum absolute atomic E-state index is 0.0400. The van der Waals surface area contributed by atoms with Crippen LogP contribution in [0.15, 0.2) is 0 Å². The molecule has 0 aromatic heterocycles. The third-order valence-corrected chi connectivity index (χ3v) is 5.72. The molecule has 0 radical (unpaired) electrons. The molecular weight excluding hydrogens is 323 g/mol. The Balaban J connectivity index is 3.66. The molecule has 8 heteroatoms. The molecule has 0 bridgehead atoms. The number of hydrogen-bond donors (Lipinski definition) is 3. The van der Waals surface area contributed by atoms with Crippen LogP contribution < -0.4 is 16.8 Å². The van der Waals surface area contributed by atoms with Crippen LogP contribution in [0.25, 0.3) is 0 Å². The van der Waals surface area contributed by atoms with Gasteiger partial charge in [-0.25, -0.2) is 0 Å². The average Bonchev–Trinajstić information content (AvgIpc) is 2.45. The van der Waals surface area contributed by atoms with E-state index in [4.69, 9.17) is 11.5 Å². The Kier molecular flexibility index (Phi) is 13.1. The summed E-state index contributed by atoms with van der Waals surface area (Å²) in [6.07, 6.45) is 5.24. The van der Waals surface area contributed by atoms with Gasteiger partial charge >= 0.3 is 0 Å². The number of rotatable bonds is 12. The third-order valence-electron chi connectivity index (χ3n) is 3.35. The molecule has 21 heavy (non-hydrogen) atoms. The predicted molar refractivity (Wildman–Crippen MR) is 98.3 cm³/mol. The van der Waals surface area contributed by atoms with E-state index < -0.39 is 7.30 Å². The molecule has 0 heterocycles.